The molecule has 1 atom stereocenters. The summed E-state index contributed by atoms with van der Waals surface area (Å²) in [6.45, 7) is 1.59. The molecule has 0 fully saturated rings. The van der Waals surface area contributed by atoms with Crippen LogP contribution in [0.3, 0.4) is 0 Å². The number of hydrogen-bond acceptors (Lipinski definition) is 4. The van der Waals surface area contributed by atoms with Crippen LogP contribution < -0.4 is 0 Å². The molecule has 0 saturated carbocycles. The van der Waals surface area contributed by atoms with Crippen molar-refractivity contribution in [3.63, 3.8) is 0 Å². The van der Waals surface area contributed by atoms with Crippen LogP contribution in [0.5, 0.6) is 0 Å². The van der Waals surface area contributed by atoms with Crippen LogP contribution >= 0.6 is 0 Å². The first-order valence-electron chi connectivity index (χ1n) is 5.53. The molecule has 0 aromatic carbocycles. The van der Waals surface area contributed by atoms with Crippen molar-refractivity contribution in [2.45, 2.75) is 31.7 Å². The molecule has 8 heteroatoms. The smallest absolute Gasteiger partial charge is 0.438 e. The van der Waals surface area contributed by atoms with Crippen LogP contribution in [-0.4, -0.2) is 33.6 Å². The highest BCUT2D eigenvalue weighted by molar-refractivity contribution is 5.96. The number of halogens is 3. The van der Waals surface area contributed by atoms with Gasteiger partial charge in [0.15, 0.2) is 5.76 Å². The molecule has 1 amide bonds. The van der Waals surface area contributed by atoms with Gasteiger partial charge in [0, 0.05) is 12.1 Å². The average Bonchev–Trinajstić information content (AvgIpc) is 2.94. The minimum absolute atomic E-state index is 0.0463. The monoisotopic (exact) mass is 276 g/mol. The molecule has 104 valence electrons. The molecule has 2 heterocycles. The third-order valence-corrected chi connectivity index (χ3v) is 2.83. The molecule has 0 saturated heterocycles. The van der Waals surface area contributed by atoms with E-state index in [1.54, 1.807) is 6.92 Å². The second-order valence-electron chi connectivity index (χ2n) is 4.11. The van der Waals surface area contributed by atoms with Gasteiger partial charge in [-0.25, -0.2) is 0 Å². The van der Waals surface area contributed by atoms with Crippen LogP contribution in [-0.2, 0) is 0 Å². The van der Waals surface area contributed by atoms with Crippen molar-refractivity contribution in [1.82, 2.24) is 5.01 Å². The van der Waals surface area contributed by atoms with E-state index in [2.05, 4.69) is 5.10 Å². The van der Waals surface area contributed by atoms with Gasteiger partial charge in [0.2, 0.25) is 0 Å². The molecule has 1 aliphatic heterocycles. The molecule has 1 aromatic rings. The lowest BCUT2D eigenvalue weighted by Gasteiger charge is -2.32. The van der Waals surface area contributed by atoms with Crippen molar-refractivity contribution >= 4 is 11.6 Å². The van der Waals surface area contributed by atoms with E-state index in [0.717, 1.165) is 6.26 Å². The van der Waals surface area contributed by atoms with E-state index in [9.17, 15) is 23.1 Å². The maximum atomic E-state index is 13.0. The summed E-state index contributed by atoms with van der Waals surface area (Å²) in [6.07, 6.45) is -4.39. The number of hydrogen-bond donors (Lipinski definition) is 1. The Bertz CT molecular complexity index is 510. The molecule has 5 nitrogen and oxygen atoms in total. The van der Waals surface area contributed by atoms with Gasteiger partial charge in [-0.2, -0.15) is 23.3 Å². The standard InChI is InChI=1S/C11H11F3N2O3/c1-2-7-6-10(18,11(12,13)14)16(15-7)9(17)8-4-3-5-19-8/h3-5,18H,2,6H2,1H3/t10-/m1/s1. The molecule has 1 aromatic heterocycles. The van der Waals surface area contributed by atoms with E-state index in [1.165, 1.54) is 12.1 Å². The normalized spacial score (nSPS) is 23.6. The minimum atomic E-state index is -5.00. The van der Waals surface area contributed by atoms with Gasteiger partial charge in [-0.05, 0) is 18.6 Å². The topological polar surface area (TPSA) is 66.0 Å². The van der Waals surface area contributed by atoms with Gasteiger partial charge in [-0.15, -0.1) is 0 Å². The first kappa shape index (κ1) is 13.6. The molecule has 0 aliphatic carbocycles. The SMILES string of the molecule is CCC1=NN(C(=O)c2ccco2)[C@](O)(C(F)(F)F)C1. The maximum Gasteiger partial charge on any atom is 0.438 e. The molecule has 0 unspecified atom stereocenters. The number of alkyl halides is 3. The zero-order valence-corrected chi connectivity index (χ0v) is 9.94. The van der Waals surface area contributed by atoms with Gasteiger partial charge in [0.1, 0.15) is 0 Å². The van der Waals surface area contributed by atoms with Crippen molar-refractivity contribution in [2.75, 3.05) is 0 Å². The summed E-state index contributed by atoms with van der Waals surface area (Å²) in [4.78, 5) is 11.9. The predicted octanol–water partition coefficient (Wildman–Crippen LogP) is 2.14. The Labute approximate surface area is 106 Å². The van der Waals surface area contributed by atoms with E-state index in [-0.39, 0.29) is 22.9 Å². The molecule has 1 aliphatic rings. The Hall–Kier alpha value is -1.83. The van der Waals surface area contributed by atoms with E-state index in [4.69, 9.17) is 4.42 Å². The predicted molar refractivity (Wildman–Crippen MR) is 58.2 cm³/mol. The average molecular weight is 276 g/mol. The highest BCUT2D eigenvalue weighted by Crippen LogP contribution is 2.41. The molecule has 0 radical (unpaired) electrons. The number of hydrazone groups is 1. The summed E-state index contributed by atoms with van der Waals surface area (Å²) in [6, 6.07) is 2.57. The molecule has 1 N–H and O–H groups in total. The number of carbonyl (C=O) groups excluding carboxylic acids is 1. The second kappa shape index (κ2) is 4.37. The molecule has 19 heavy (non-hydrogen) atoms. The summed E-state index contributed by atoms with van der Waals surface area (Å²) in [5, 5.41) is 13.4. The van der Waals surface area contributed by atoms with Gasteiger partial charge < -0.3 is 9.52 Å². The summed E-state index contributed by atoms with van der Waals surface area (Å²) in [7, 11) is 0. The van der Waals surface area contributed by atoms with Crippen LogP contribution in [0.1, 0.15) is 30.3 Å². The highest BCUT2D eigenvalue weighted by atomic mass is 19.4. The number of aliphatic hydroxyl groups is 1. The fraction of sp³-hybridized carbons (Fsp3) is 0.455. The highest BCUT2D eigenvalue weighted by Gasteiger charge is 2.63. The van der Waals surface area contributed by atoms with Gasteiger partial charge in [0.05, 0.1) is 6.26 Å². The first-order chi connectivity index (χ1) is 8.79. The summed E-state index contributed by atoms with van der Waals surface area (Å²) in [5.41, 5.74) is -3.22. The Morgan fingerprint density at radius 2 is 2.32 bits per heavy atom. The third-order valence-electron chi connectivity index (χ3n) is 2.83. The molecule has 0 spiro atoms. The van der Waals surface area contributed by atoms with Gasteiger partial charge in [0.25, 0.3) is 5.72 Å². The number of rotatable bonds is 2. The summed E-state index contributed by atoms with van der Waals surface area (Å²) < 4.78 is 43.6. The second-order valence-corrected chi connectivity index (χ2v) is 4.11. The zero-order valence-electron chi connectivity index (χ0n) is 9.94. The fourth-order valence-corrected chi connectivity index (χ4v) is 1.75. The van der Waals surface area contributed by atoms with E-state index in [0.29, 0.717) is 0 Å². The Morgan fingerprint density at radius 1 is 1.63 bits per heavy atom. The van der Waals surface area contributed by atoms with Crippen LogP contribution in [0.25, 0.3) is 0 Å². The van der Waals surface area contributed by atoms with Crippen LogP contribution in [0, 0.1) is 0 Å². The third kappa shape index (κ3) is 2.12. The van der Waals surface area contributed by atoms with Gasteiger partial charge in [-0.1, -0.05) is 6.92 Å². The molecule has 2 rings (SSSR count). The lowest BCUT2D eigenvalue weighted by molar-refractivity contribution is -0.297. The Balaban J connectivity index is 2.40. The molecular weight excluding hydrogens is 265 g/mol. The van der Waals surface area contributed by atoms with Crippen molar-refractivity contribution in [2.24, 2.45) is 5.10 Å². The molecule has 0 bridgehead atoms. The Kier molecular flexibility index (Phi) is 3.13. The maximum absolute atomic E-state index is 13.0. The largest absolute Gasteiger partial charge is 0.459 e. The first-order valence-corrected chi connectivity index (χ1v) is 5.53. The Morgan fingerprint density at radius 3 is 2.79 bits per heavy atom. The number of amides is 1. The van der Waals surface area contributed by atoms with E-state index in [1.807, 2.05) is 0 Å². The van der Waals surface area contributed by atoms with Gasteiger partial charge in [-0.3, -0.25) is 4.79 Å². The van der Waals surface area contributed by atoms with E-state index < -0.39 is 24.2 Å². The lowest BCUT2D eigenvalue weighted by atomic mass is 10.1. The van der Waals surface area contributed by atoms with Crippen LogP contribution in [0.15, 0.2) is 27.9 Å². The lowest BCUT2D eigenvalue weighted by Crippen LogP contribution is -2.56. The summed E-state index contributed by atoms with van der Waals surface area (Å²) in [5.74, 6) is -1.45. The van der Waals surface area contributed by atoms with Crippen molar-refractivity contribution in [1.29, 1.82) is 0 Å². The number of carbonyl (C=O) groups is 1. The quantitative estimate of drug-likeness (QED) is 0.900. The minimum Gasteiger partial charge on any atom is -0.459 e. The molecular formula is C11H11F3N2O3. The zero-order chi connectivity index (χ0) is 14.3. The van der Waals surface area contributed by atoms with Crippen molar-refractivity contribution < 1.29 is 27.5 Å². The van der Waals surface area contributed by atoms with Gasteiger partial charge >= 0.3 is 12.1 Å². The number of furan rings is 1. The van der Waals surface area contributed by atoms with Crippen LogP contribution in [0.2, 0.25) is 0 Å². The van der Waals surface area contributed by atoms with E-state index >= 15 is 0 Å². The fourth-order valence-electron chi connectivity index (χ4n) is 1.75. The van der Waals surface area contributed by atoms with Crippen molar-refractivity contribution in [3.05, 3.63) is 24.2 Å². The van der Waals surface area contributed by atoms with Crippen LogP contribution in [0.4, 0.5) is 13.2 Å². The number of nitrogens with zero attached hydrogens (tertiary/aromatic N) is 2. The summed E-state index contributed by atoms with van der Waals surface area (Å²) >= 11 is 0. The van der Waals surface area contributed by atoms with Crippen molar-refractivity contribution in [3.8, 4) is 0 Å².